The normalized spacial score (nSPS) is 11.1. The van der Waals surface area contributed by atoms with Crippen LogP contribution in [0.2, 0.25) is 0 Å². The Hall–Kier alpha value is -4.72. The van der Waals surface area contributed by atoms with Crippen molar-refractivity contribution in [2.75, 3.05) is 6.54 Å². The third-order valence-corrected chi connectivity index (χ3v) is 5.72. The number of rotatable bonds is 9. The Balaban J connectivity index is 1.77. The van der Waals surface area contributed by atoms with E-state index in [-0.39, 0.29) is 30.0 Å². The van der Waals surface area contributed by atoms with E-state index >= 15 is 0 Å². The van der Waals surface area contributed by atoms with E-state index < -0.39 is 11.9 Å². The Morgan fingerprint density at radius 1 is 1.00 bits per heavy atom. The summed E-state index contributed by atoms with van der Waals surface area (Å²) in [5.74, 6) is -2.12. The molecule has 2 heterocycles. The van der Waals surface area contributed by atoms with Gasteiger partial charge >= 0.3 is 5.97 Å². The zero-order valence-electron chi connectivity index (χ0n) is 19.4. The van der Waals surface area contributed by atoms with Crippen molar-refractivity contribution in [1.82, 2.24) is 14.9 Å². The largest absolute Gasteiger partial charge is 0.505 e. The number of nitrogens with zero attached hydrogens (tertiary/aromatic N) is 2. The van der Waals surface area contributed by atoms with Crippen molar-refractivity contribution in [3.8, 4) is 5.75 Å². The van der Waals surface area contributed by atoms with Gasteiger partial charge in [-0.2, -0.15) is 0 Å². The lowest BCUT2D eigenvalue weighted by Gasteiger charge is -2.14. The average molecular weight is 484 g/mol. The van der Waals surface area contributed by atoms with Gasteiger partial charge in [0, 0.05) is 24.0 Å². The standard InChI is InChI=1S/C28H25N3O5/c32-24(33)13-15-29-27(35)25-26(34)22-17-21(12-11-19-7-3-1-4-8-19)28(36)31(23(22)18-30-25)16-14-20-9-5-2-6-10-20/h1-12,17-18,34H,13-16H2,(H,29,35)(H,32,33). The van der Waals surface area contributed by atoms with Crippen LogP contribution in [0.15, 0.2) is 77.7 Å². The minimum atomic E-state index is -1.05. The van der Waals surface area contributed by atoms with Gasteiger partial charge in [-0.15, -0.1) is 0 Å². The molecule has 8 nitrogen and oxygen atoms in total. The number of aromatic nitrogens is 2. The van der Waals surface area contributed by atoms with Gasteiger partial charge in [0.25, 0.3) is 11.5 Å². The molecule has 2 aromatic heterocycles. The molecule has 1 amide bonds. The fourth-order valence-electron chi connectivity index (χ4n) is 3.86. The maximum Gasteiger partial charge on any atom is 0.305 e. The molecular weight excluding hydrogens is 458 g/mol. The van der Waals surface area contributed by atoms with Crippen molar-refractivity contribution < 1.29 is 19.8 Å². The van der Waals surface area contributed by atoms with E-state index in [1.807, 2.05) is 66.7 Å². The summed E-state index contributed by atoms with van der Waals surface area (Å²) in [6, 6.07) is 20.8. The predicted octanol–water partition coefficient (Wildman–Crippen LogP) is 3.72. The summed E-state index contributed by atoms with van der Waals surface area (Å²) < 4.78 is 1.55. The fourth-order valence-corrected chi connectivity index (χ4v) is 3.86. The van der Waals surface area contributed by atoms with E-state index in [0.717, 1.165) is 11.1 Å². The summed E-state index contributed by atoms with van der Waals surface area (Å²) in [7, 11) is 0. The van der Waals surface area contributed by atoms with Gasteiger partial charge in [0.1, 0.15) is 0 Å². The lowest BCUT2D eigenvalue weighted by atomic mass is 10.1. The molecule has 0 saturated heterocycles. The van der Waals surface area contributed by atoms with Crippen LogP contribution in [0.4, 0.5) is 0 Å². The van der Waals surface area contributed by atoms with Gasteiger partial charge in [0.05, 0.1) is 18.1 Å². The van der Waals surface area contributed by atoms with Crippen LogP contribution < -0.4 is 10.9 Å². The van der Waals surface area contributed by atoms with Crippen molar-refractivity contribution >= 4 is 34.9 Å². The van der Waals surface area contributed by atoms with Crippen LogP contribution in [0.25, 0.3) is 23.1 Å². The van der Waals surface area contributed by atoms with Crippen molar-refractivity contribution in [2.24, 2.45) is 0 Å². The molecule has 0 radical (unpaired) electrons. The maximum absolute atomic E-state index is 13.4. The van der Waals surface area contributed by atoms with Gasteiger partial charge in [-0.1, -0.05) is 66.7 Å². The molecular formula is C28H25N3O5. The maximum atomic E-state index is 13.4. The lowest BCUT2D eigenvalue weighted by Crippen LogP contribution is -2.27. The first-order valence-corrected chi connectivity index (χ1v) is 11.5. The highest BCUT2D eigenvalue weighted by atomic mass is 16.4. The number of carboxylic acid groups (broad SMARTS) is 1. The second kappa shape index (κ2) is 11.1. The number of carboxylic acids is 1. The summed E-state index contributed by atoms with van der Waals surface area (Å²) in [4.78, 5) is 40.8. The quantitative estimate of drug-likeness (QED) is 0.334. The smallest absolute Gasteiger partial charge is 0.305 e. The third kappa shape index (κ3) is 5.67. The molecule has 0 atom stereocenters. The SMILES string of the molecule is O=C(O)CCNC(=O)c1ncc2c(cc(C=Cc3ccccc3)c(=O)n2CCc2ccccc2)c1O. The Bertz CT molecular complexity index is 1480. The van der Waals surface area contributed by atoms with Gasteiger partial charge < -0.3 is 20.1 Å². The first kappa shape index (κ1) is 24.4. The average Bonchev–Trinajstić information content (AvgIpc) is 2.88. The Morgan fingerprint density at radius 3 is 2.39 bits per heavy atom. The number of benzene rings is 2. The Kier molecular flexibility index (Phi) is 7.55. The second-order valence-electron chi connectivity index (χ2n) is 8.19. The first-order valence-electron chi connectivity index (χ1n) is 11.5. The molecule has 4 aromatic rings. The first-order chi connectivity index (χ1) is 17.4. The monoisotopic (exact) mass is 483 g/mol. The van der Waals surface area contributed by atoms with E-state index in [4.69, 9.17) is 5.11 Å². The molecule has 0 bridgehead atoms. The molecule has 4 rings (SSSR count). The van der Waals surface area contributed by atoms with Crippen LogP contribution in [0.3, 0.4) is 0 Å². The van der Waals surface area contributed by atoms with Crippen LogP contribution in [0.5, 0.6) is 5.75 Å². The zero-order chi connectivity index (χ0) is 25.5. The molecule has 3 N–H and O–H groups in total. The van der Waals surface area contributed by atoms with Crippen LogP contribution >= 0.6 is 0 Å². The molecule has 0 saturated carbocycles. The molecule has 0 aliphatic rings. The summed E-state index contributed by atoms with van der Waals surface area (Å²) in [6.45, 7) is 0.243. The highest BCUT2D eigenvalue weighted by Crippen LogP contribution is 2.27. The minimum absolute atomic E-state index is 0.102. The Morgan fingerprint density at radius 2 is 1.69 bits per heavy atom. The number of aliphatic carboxylic acids is 1. The highest BCUT2D eigenvalue weighted by Gasteiger charge is 2.19. The van der Waals surface area contributed by atoms with Crippen LogP contribution in [-0.2, 0) is 17.8 Å². The number of hydrogen-bond acceptors (Lipinski definition) is 5. The van der Waals surface area contributed by atoms with E-state index in [2.05, 4.69) is 10.3 Å². The van der Waals surface area contributed by atoms with Crippen molar-refractivity contribution in [2.45, 2.75) is 19.4 Å². The van der Waals surface area contributed by atoms with Gasteiger partial charge in [0.15, 0.2) is 11.4 Å². The van der Waals surface area contributed by atoms with Crippen molar-refractivity contribution in [1.29, 1.82) is 0 Å². The molecule has 0 aliphatic heterocycles. The lowest BCUT2D eigenvalue weighted by molar-refractivity contribution is -0.136. The minimum Gasteiger partial charge on any atom is -0.505 e. The van der Waals surface area contributed by atoms with Crippen LogP contribution in [-0.4, -0.2) is 38.2 Å². The summed E-state index contributed by atoms with van der Waals surface area (Å²) in [5, 5.41) is 22.5. The second-order valence-corrected chi connectivity index (χ2v) is 8.19. The Labute approximate surface area is 207 Å². The van der Waals surface area contributed by atoms with Gasteiger partial charge in [0.2, 0.25) is 0 Å². The molecule has 0 fully saturated rings. The number of fused-ring (bicyclic) bond motifs is 1. The number of nitrogens with one attached hydrogen (secondary N) is 1. The summed E-state index contributed by atoms with van der Waals surface area (Å²) in [6.07, 6.45) is 5.20. The molecule has 0 spiro atoms. The fraction of sp³-hybridized carbons (Fsp3) is 0.143. The number of carbonyl (C=O) groups excluding carboxylic acids is 1. The number of carbonyl (C=O) groups is 2. The highest BCUT2D eigenvalue weighted by molar-refractivity contribution is 6.01. The van der Waals surface area contributed by atoms with E-state index in [9.17, 15) is 19.5 Å². The van der Waals surface area contributed by atoms with Crippen LogP contribution in [0.1, 0.15) is 33.6 Å². The summed E-state index contributed by atoms with van der Waals surface area (Å²) >= 11 is 0. The van der Waals surface area contributed by atoms with E-state index in [0.29, 0.717) is 29.4 Å². The molecule has 0 unspecified atom stereocenters. The predicted molar refractivity (Wildman–Crippen MR) is 138 cm³/mol. The van der Waals surface area contributed by atoms with E-state index in [1.165, 1.54) is 6.20 Å². The van der Waals surface area contributed by atoms with Gasteiger partial charge in [-0.05, 0) is 29.7 Å². The molecule has 182 valence electrons. The van der Waals surface area contributed by atoms with Crippen LogP contribution in [0, 0.1) is 0 Å². The number of aryl methyl sites for hydroxylation is 2. The van der Waals surface area contributed by atoms with Gasteiger partial charge in [-0.25, -0.2) is 4.98 Å². The summed E-state index contributed by atoms with van der Waals surface area (Å²) in [5.41, 5.74) is 2.22. The molecule has 36 heavy (non-hydrogen) atoms. The number of amides is 1. The molecule has 8 heteroatoms. The number of aromatic hydroxyl groups is 1. The molecule has 0 aliphatic carbocycles. The molecule has 2 aromatic carbocycles. The number of hydrogen-bond donors (Lipinski definition) is 3. The third-order valence-electron chi connectivity index (χ3n) is 5.72. The van der Waals surface area contributed by atoms with Gasteiger partial charge in [-0.3, -0.25) is 14.4 Å². The topological polar surface area (TPSA) is 122 Å². The number of pyridine rings is 2. The zero-order valence-corrected chi connectivity index (χ0v) is 19.4. The van der Waals surface area contributed by atoms with Crippen molar-refractivity contribution in [3.05, 3.63) is 106 Å². The van der Waals surface area contributed by atoms with E-state index in [1.54, 1.807) is 16.7 Å². The van der Waals surface area contributed by atoms with Crippen molar-refractivity contribution in [3.63, 3.8) is 0 Å².